The molecule has 0 aliphatic carbocycles. The van der Waals surface area contributed by atoms with E-state index in [1.165, 1.54) is 34.9 Å². The van der Waals surface area contributed by atoms with Gasteiger partial charge in [0.05, 0.1) is 15.6 Å². The Labute approximate surface area is 140 Å². The van der Waals surface area contributed by atoms with Gasteiger partial charge in [0.1, 0.15) is 5.82 Å². The first-order valence-electron chi connectivity index (χ1n) is 6.19. The monoisotopic (exact) mass is 350 g/mol. The topological polar surface area (TPSA) is 33.2 Å². The summed E-state index contributed by atoms with van der Waals surface area (Å²) < 4.78 is 13.6. The standard InChI is InChI=1S/C15H8ClFN2OS2/c16-11-7-10(3-4-12(11)17)19-14(20)13(22-15(19)21)6-9-2-1-5-18-8-9/h1-8H/b13-6-. The van der Waals surface area contributed by atoms with Crippen LogP contribution in [0.5, 0.6) is 0 Å². The van der Waals surface area contributed by atoms with E-state index in [2.05, 4.69) is 4.98 Å². The Kier molecular flexibility index (Phi) is 4.24. The number of hydrogen-bond donors (Lipinski definition) is 0. The number of halogens is 2. The fraction of sp³-hybridized carbons (Fsp3) is 0. The van der Waals surface area contributed by atoms with Gasteiger partial charge in [-0.15, -0.1) is 0 Å². The summed E-state index contributed by atoms with van der Waals surface area (Å²) in [5.41, 5.74) is 1.25. The molecule has 0 radical (unpaired) electrons. The number of amides is 1. The third kappa shape index (κ3) is 2.90. The highest BCUT2D eigenvalue weighted by Crippen LogP contribution is 2.36. The van der Waals surface area contributed by atoms with Crippen molar-refractivity contribution in [1.82, 2.24) is 4.98 Å². The van der Waals surface area contributed by atoms with Gasteiger partial charge >= 0.3 is 0 Å². The summed E-state index contributed by atoms with van der Waals surface area (Å²) in [6, 6.07) is 7.69. The van der Waals surface area contributed by atoms with Crippen LogP contribution in [0.3, 0.4) is 0 Å². The first-order chi connectivity index (χ1) is 10.6. The molecule has 7 heteroatoms. The van der Waals surface area contributed by atoms with E-state index >= 15 is 0 Å². The number of pyridine rings is 1. The molecule has 3 nitrogen and oxygen atoms in total. The van der Waals surface area contributed by atoms with Gasteiger partial charge in [-0.25, -0.2) is 4.39 Å². The molecule has 1 aromatic carbocycles. The maximum Gasteiger partial charge on any atom is 0.270 e. The van der Waals surface area contributed by atoms with Crippen molar-refractivity contribution in [2.24, 2.45) is 0 Å². The number of carbonyl (C=O) groups excluding carboxylic acids is 1. The molecule has 1 amide bonds. The largest absolute Gasteiger partial charge is 0.270 e. The minimum Gasteiger partial charge on any atom is -0.268 e. The van der Waals surface area contributed by atoms with Crippen molar-refractivity contribution in [2.75, 3.05) is 4.90 Å². The van der Waals surface area contributed by atoms with Crippen LogP contribution >= 0.6 is 35.6 Å². The van der Waals surface area contributed by atoms with Gasteiger partial charge in [0.15, 0.2) is 4.32 Å². The molecule has 0 unspecified atom stereocenters. The van der Waals surface area contributed by atoms with Gasteiger partial charge in [-0.05, 0) is 35.9 Å². The van der Waals surface area contributed by atoms with E-state index in [9.17, 15) is 9.18 Å². The van der Waals surface area contributed by atoms with Crippen molar-refractivity contribution in [2.45, 2.75) is 0 Å². The number of anilines is 1. The second-order valence-corrected chi connectivity index (χ2v) is 6.48. The number of benzene rings is 1. The summed E-state index contributed by atoms with van der Waals surface area (Å²) in [6.45, 7) is 0. The van der Waals surface area contributed by atoms with Crippen LogP contribution < -0.4 is 4.90 Å². The first kappa shape index (κ1) is 15.1. The SMILES string of the molecule is O=C1/C(=C/c2cccnc2)SC(=S)N1c1ccc(F)c(Cl)c1. The highest BCUT2D eigenvalue weighted by Gasteiger charge is 2.33. The highest BCUT2D eigenvalue weighted by atomic mass is 35.5. The van der Waals surface area contributed by atoms with Gasteiger partial charge in [-0.2, -0.15) is 0 Å². The van der Waals surface area contributed by atoms with Crippen LogP contribution in [0.1, 0.15) is 5.56 Å². The first-order valence-corrected chi connectivity index (χ1v) is 7.79. The lowest BCUT2D eigenvalue weighted by atomic mass is 10.2. The lowest BCUT2D eigenvalue weighted by Crippen LogP contribution is -2.27. The second-order valence-electron chi connectivity index (χ2n) is 4.40. The maximum atomic E-state index is 13.3. The lowest BCUT2D eigenvalue weighted by Gasteiger charge is -2.14. The zero-order valence-electron chi connectivity index (χ0n) is 11.0. The Morgan fingerprint density at radius 3 is 2.86 bits per heavy atom. The van der Waals surface area contributed by atoms with Crippen LogP contribution in [0.25, 0.3) is 6.08 Å². The molecule has 1 fully saturated rings. The van der Waals surface area contributed by atoms with E-state index in [0.717, 1.165) is 5.56 Å². The van der Waals surface area contributed by atoms with E-state index in [0.29, 0.717) is 14.9 Å². The molecule has 0 saturated carbocycles. The molecule has 22 heavy (non-hydrogen) atoms. The smallest absolute Gasteiger partial charge is 0.268 e. The van der Waals surface area contributed by atoms with Crippen LogP contribution in [-0.2, 0) is 4.79 Å². The zero-order chi connectivity index (χ0) is 15.7. The van der Waals surface area contributed by atoms with Crippen LogP contribution in [0.2, 0.25) is 5.02 Å². The van der Waals surface area contributed by atoms with Gasteiger partial charge < -0.3 is 0 Å². The van der Waals surface area contributed by atoms with Gasteiger partial charge in [-0.3, -0.25) is 14.7 Å². The molecule has 0 atom stereocenters. The van der Waals surface area contributed by atoms with E-state index in [1.54, 1.807) is 24.5 Å². The van der Waals surface area contributed by atoms with Crippen LogP contribution in [0.4, 0.5) is 10.1 Å². The molecule has 0 bridgehead atoms. The van der Waals surface area contributed by atoms with Crippen molar-refractivity contribution in [3.05, 3.63) is 64.0 Å². The van der Waals surface area contributed by atoms with Crippen LogP contribution in [0, 0.1) is 5.82 Å². The number of thiocarbonyl (C=S) groups is 1. The van der Waals surface area contributed by atoms with Crippen molar-refractivity contribution in [3.63, 3.8) is 0 Å². The Morgan fingerprint density at radius 1 is 1.36 bits per heavy atom. The normalized spacial score (nSPS) is 16.6. The van der Waals surface area contributed by atoms with E-state index in [1.807, 2.05) is 6.07 Å². The summed E-state index contributed by atoms with van der Waals surface area (Å²) >= 11 is 12.2. The average Bonchev–Trinajstić information content (AvgIpc) is 2.78. The minimum atomic E-state index is -0.540. The third-order valence-corrected chi connectivity index (χ3v) is 4.53. The summed E-state index contributed by atoms with van der Waals surface area (Å²) in [7, 11) is 0. The van der Waals surface area contributed by atoms with Crippen LogP contribution in [0.15, 0.2) is 47.6 Å². The molecular formula is C15H8ClFN2OS2. The molecule has 1 aliphatic rings. The molecule has 1 saturated heterocycles. The molecule has 1 aromatic heterocycles. The van der Waals surface area contributed by atoms with E-state index in [4.69, 9.17) is 23.8 Å². The molecule has 110 valence electrons. The quantitative estimate of drug-likeness (QED) is 0.598. The average molecular weight is 351 g/mol. The number of thioether (sulfide) groups is 1. The third-order valence-electron chi connectivity index (χ3n) is 2.94. The molecule has 2 heterocycles. The van der Waals surface area contributed by atoms with E-state index in [-0.39, 0.29) is 10.9 Å². The Balaban J connectivity index is 1.95. The van der Waals surface area contributed by atoms with Crippen molar-refractivity contribution in [3.8, 4) is 0 Å². The van der Waals surface area contributed by atoms with Crippen molar-refractivity contribution in [1.29, 1.82) is 0 Å². The van der Waals surface area contributed by atoms with Crippen molar-refractivity contribution < 1.29 is 9.18 Å². The lowest BCUT2D eigenvalue weighted by molar-refractivity contribution is -0.113. The number of nitrogens with zero attached hydrogens (tertiary/aromatic N) is 2. The molecule has 0 spiro atoms. The Morgan fingerprint density at radius 2 is 2.18 bits per heavy atom. The van der Waals surface area contributed by atoms with E-state index < -0.39 is 5.82 Å². The fourth-order valence-electron chi connectivity index (χ4n) is 1.93. The van der Waals surface area contributed by atoms with Gasteiger partial charge in [-0.1, -0.05) is 41.6 Å². The van der Waals surface area contributed by atoms with Crippen molar-refractivity contribution >= 4 is 57.6 Å². The molecular weight excluding hydrogens is 343 g/mol. The summed E-state index contributed by atoms with van der Waals surface area (Å²) in [4.78, 5) is 18.3. The highest BCUT2D eigenvalue weighted by molar-refractivity contribution is 8.27. The number of carbonyl (C=O) groups is 1. The molecule has 1 aliphatic heterocycles. The Hall–Kier alpha value is -1.76. The van der Waals surface area contributed by atoms with Gasteiger partial charge in [0.2, 0.25) is 0 Å². The summed E-state index contributed by atoms with van der Waals surface area (Å²) in [5.74, 6) is -0.803. The Bertz CT molecular complexity index is 795. The summed E-state index contributed by atoms with van der Waals surface area (Å²) in [6.07, 6.45) is 5.03. The number of rotatable bonds is 2. The summed E-state index contributed by atoms with van der Waals surface area (Å²) in [5, 5.41) is -0.0530. The molecule has 3 rings (SSSR count). The van der Waals surface area contributed by atoms with Crippen LogP contribution in [-0.4, -0.2) is 15.2 Å². The maximum absolute atomic E-state index is 13.3. The van der Waals surface area contributed by atoms with Gasteiger partial charge in [0.25, 0.3) is 5.91 Å². The predicted molar refractivity (Wildman–Crippen MR) is 91.3 cm³/mol. The molecule has 0 N–H and O–H groups in total. The fourth-order valence-corrected chi connectivity index (χ4v) is 3.40. The minimum absolute atomic E-state index is 0.0530. The molecule has 2 aromatic rings. The number of hydrogen-bond acceptors (Lipinski definition) is 4. The number of aromatic nitrogens is 1. The predicted octanol–water partition coefficient (Wildman–Crippen LogP) is 4.28. The zero-order valence-corrected chi connectivity index (χ0v) is 13.4. The second kappa shape index (κ2) is 6.16. The van der Waals surface area contributed by atoms with Gasteiger partial charge in [0, 0.05) is 12.4 Å².